The van der Waals surface area contributed by atoms with Crippen LogP contribution in [0, 0.1) is 50.2 Å². The topological polar surface area (TPSA) is 83.9 Å². The van der Waals surface area contributed by atoms with Crippen molar-refractivity contribution in [2.24, 2.45) is 50.2 Å². The second-order valence-electron chi connectivity index (χ2n) is 16.2. The minimum Gasteiger partial charge on any atom is -0.462 e. The van der Waals surface area contributed by atoms with E-state index in [2.05, 4.69) is 41.5 Å². The molecule has 40 heavy (non-hydrogen) atoms. The molecular formula is C34H53NO5. The lowest BCUT2D eigenvalue weighted by Crippen LogP contribution is -2.66. The smallest absolute Gasteiger partial charge is 0.302 e. The van der Waals surface area contributed by atoms with Crippen molar-refractivity contribution in [3.8, 4) is 0 Å². The summed E-state index contributed by atoms with van der Waals surface area (Å²) in [5.41, 5.74) is 0.0629. The van der Waals surface area contributed by atoms with Crippen LogP contribution in [-0.2, 0) is 19.1 Å². The second-order valence-corrected chi connectivity index (χ2v) is 16.2. The van der Waals surface area contributed by atoms with E-state index in [4.69, 9.17) is 4.74 Å². The molecule has 5 rings (SSSR count). The zero-order chi connectivity index (χ0) is 29.7. The van der Waals surface area contributed by atoms with Gasteiger partial charge < -0.3 is 4.74 Å². The maximum absolute atomic E-state index is 14.5. The largest absolute Gasteiger partial charge is 0.462 e. The Morgan fingerprint density at radius 1 is 0.975 bits per heavy atom. The molecule has 0 radical (unpaired) electrons. The van der Waals surface area contributed by atoms with Gasteiger partial charge in [0.2, 0.25) is 0 Å². The van der Waals surface area contributed by atoms with E-state index < -0.39 is 5.41 Å². The number of carbonyl (C=O) groups excluding carboxylic acids is 3. The predicted octanol–water partition coefficient (Wildman–Crippen LogP) is 7.14. The summed E-state index contributed by atoms with van der Waals surface area (Å²) >= 11 is 0. The number of hydroxylamine groups is 2. The summed E-state index contributed by atoms with van der Waals surface area (Å²) in [7, 11) is 0. The average molecular weight is 556 g/mol. The standard InChI is InChI=1S/C34H53NO5/c1-10-35(39)28(38)31(6)16-15-30(5)17-18-33(8)22(23(30)20-31)19-24(37)27-32(7)13-12-26(40-21(2)36)29(3,4)25(32)11-14-34(27,33)9/h19,23,25-27,39H,10-18,20H2,1-9H3/t23-,25?,26-,27+,30+,31-,32-,33+,34+/m0/s1. The summed E-state index contributed by atoms with van der Waals surface area (Å²) in [4.78, 5) is 39.8. The summed E-state index contributed by atoms with van der Waals surface area (Å²) < 4.78 is 5.84. The first-order valence-corrected chi connectivity index (χ1v) is 15.8. The fraction of sp³-hybridized carbons (Fsp3) is 0.853. The Labute approximate surface area is 241 Å². The molecule has 1 N–H and O–H groups in total. The molecule has 0 bridgehead atoms. The van der Waals surface area contributed by atoms with Crippen LogP contribution >= 0.6 is 0 Å². The Morgan fingerprint density at radius 2 is 1.62 bits per heavy atom. The van der Waals surface area contributed by atoms with Gasteiger partial charge >= 0.3 is 5.97 Å². The van der Waals surface area contributed by atoms with E-state index in [0.717, 1.165) is 56.4 Å². The third-order valence-corrected chi connectivity index (χ3v) is 13.9. The summed E-state index contributed by atoms with van der Waals surface area (Å²) in [6, 6.07) is 0. The fourth-order valence-corrected chi connectivity index (χ4v) is 11.2. The summed E-state index contributed by atoms with van der Waals surface area (Å²) in [6.45, 7) is 19.6. The summed E-state index contributed by atoms with van der Waals surface area (Å²) in [5.74, 6) is 0.247. The van der Waals surface area contributed by atoms with Gasteiger partial charge in [-0.25, -0.2) is 5.06 Å². The normalized spacial score (nSPS) is 47.5. The van der Waals surface area contributed by atoms with Gasteiger partial charge in [-0.15, -0.1) is 0 Å². The van der Waals surface area contributed by atoms with E-state index in [0.29, 0.717) is 12.3 Å². The third kappa shape index (κ3) is 3.86. The molecule has 4 fully saturated rings. The van der Waals surface area contributed by atoms with Crippen LogP contribution in [-0.4, -0.2) is 40.6 Å². The molecule has 0 aromatic heterocycles. The Hall–Kier alpha value is -1.69. The van der Waals surface area contributed by atoms with E-state index in [1.54, 1.807) is 6.92 Å². The molecule has 9 atom stereocenters. The van der Waals surface area contributed by atoms with Crippen LogP contribution < -0.4 is 0 Å². The number of allylic oxidation sites excluding steroid dienone is 2. The molecule has 1 unspecified atom stereocenters. The molecular weight excluding hydrogens is 502 g/mol. The number of ketones is 1. The number of hydrogen-bond acceptors (Lipinski definition) is 5. The van der Waals surface area contributed by atoms with Crippen molar-refractivity contribution in [3.05, 3.63) is 11.6 Å². The highest BCUT2D eigenvalue weighted by molar-refractivity contribution is 5.95. The van der Waals surface area contributed by atoms with Gasteiger partial charge in [-0.05, 0) is 104 Å². The Balaban J connectivity index is 1.55. The quantitative estimate of drug-likeness (QED) is 0.227. The second kappa shape index (κ2) is 9.15. The zero-order valence-electron chi connectivity index (χ0n) is 26.5. The van der Waals surface area contributed by atoms with E-state index in [9.17, 15) is 19.6 Å². The fourth-order valence-electron chi connectivity index (χ4n) is 11.2. The van der Waals surface area contributed by atoms with Gasteiger partial charge in [0.05, 0.1) is 0 Å². The van der Waals surface area contributed by atoms with Crippen LogP contribution in [0.3, 0.4) is 0 Å². The molecule has 224 valence electrons. The van der Waals surface area contributed by atoms with E-state index in [1.807, 2.05) is 13.0 Å². The highest BCUT2D eigenvalue weighted by Crippen LogP contribution is 2.75. The Bertz CT molecular complexity index is 1140. The minimum atomic E-state index is -0.627. The van der Waals surface area contributed by atoms with E-state index >= 15 is 0 Å². The first-order chi connectivity index (χ1) is 18.4. The lowest BCUT2D eigenvalue weighted by Gasteiger charge is -2.70. The number of esters is 1. The van der Waals surface area contributed by atoms with Crippen molar-refractivity contribution in [2.75, 3.05) is 6.54 Å². The third-order valence-electron chi connectivity index (χ3n) is 13.9. The molecule has 5 aliphatic rings. The number of hydrogen-bond donors (Lipinski definition) is 1. The van der Waals surface area contributed by atoms with E-state index in [-0.39, 0.29) is 69.2 Å². The maximum Gasteiger partial charge on any atom is 0.302 e. The van der Waals surface area contributed by atoms with Crippen LogP contribution in [0.4, 0.5) is 0 Å². The van der Waals surface area contributed by atoms with Crippen LogP contribution in [0.1, 0.15) is 120 Å². The molecule has 0 saturated heterocycles. The highest BCUT2D eigenvalue weighted by atomic mass is 16.5. The van der Waals surface area contributed by atoms with Crippen molar-refractivity contribution in [2.45, 2.75) is 126 Å². The van der Waals surface area contributed by atoms with Gasteiger partial charge in [0.1, 0.15) is 6.10 Å². The van der Waals surface area contributed by atoms with Crippen molar-refractivity contribution >= 4 is 17.7 Å². The average Bonchev–Trinajstić information content (AvgIpc) is 2.87. The summed E-state index contributed by atoms with van der Waals surface area (Å²) in [6.07, 6.45) is 10.2. The van der Waals surface area contributed by atoms with Gasteiger partial charge in [0.25, 0.3) is 5.91 Å². The number of nitrogens with zero attached hydrogens (tertiary/aromatic N) is 1. The number of rotatable bonds is 3. The lowest BCUT2D eigenvalue weighted by atomic mass is 9.33. The molecule has 5 aliphatic carbocycles. The van der Waals surface area contributed by atoms with Gasteiger partial charge in [-0.1, -0.05) is 54.0 Å². The maximum atomic E-state index is 14.5. The number of amides is 1. The van der Waals surface area contributed by atoms with Gasteiger partial charge in [-0.3, -0.25) is 19.6 Å². The first-order valence-electron chi connectivity index (χ1n) is 15.8. The molecule has 4 saturated carbocycles. The monoisotopic (exact) mass is 555 g/mol. The molecule has 0 aromatic rings. The van der Waals surface area contributed by atoms with E-state index in [1.165, 1.54) is 12.5 Å². The van der Waals surface area contributed by atoms with Crippen LogP contribution in [0.5, 0.6) is 0 Å². The SMILES string of the molecule is CCN(O)C(=O)[C@@]1(C)CC[C@]2(C)CC[C@]3(C)C(=CC(=O)[C@@H]4[C@@]5(C)CC[C@H](OC(C)=O)C(C)(C)C5CC[C@]43C)[C@@H]2C1. The molecule has 6 heteroatoms. The minimum absolute atomic E-state index is 0.0618. The van der Waals surface area contributed by atoms with Gasteiger partial charge in [0, 0.05) is 30.2 Å². The number of fused-ring (bicyclic) bond motifs is 7. The van der Waals surface area contributed by atoms with Crippen molar-refractivity contribution < 1.29 is 24.3 Å². The zero-order valence-corrected chi connectivity index (χ0v) is 26.5. The van der Waals surface area contributed by atoms with Crippen molar-refractivity contribution in [1.29, 1.82) is 0 Å². The highest BCUT2D eigenvalue weighted by Gasteiger charge is 2.70. The first kappa shape index (κ1) is 29.8. The lowest BCUT2D eigenvalue weighted by molar-refractivity contribution is -0.210. The van der Waals surface area contributed by atoms with Crippen molar-refractivity contribution in [1.82, 2.24) is 5.06 Å². The molecule has 1 amide bonds. The molecule has 0 spiro atoms. The molecule has 0 heterocycles. The number of ether oxygens (including phenoxy) is 1. The molecule has 0 aliphatic heterocycles. The van der Waals surface area contributed by atoms with Gasteiger partial charge in [-0.2, -0.15) is 0 Å². The Morgan fingerprint density at radius 3 is 2.25 bits per heavy atom. The molecule has 0 aromatic carbocycles. The van der Waals surface area contributed by atoms with Gasteiger partial charge in [0.15, 0.2) is 5.78 Å². The number of carbonyl (C=O) groups is 3. The van der Waals surface area contributed by atoms with Crippen LogP contribution in [0.25, 0.3) is 0 Å². The predicted molar refractivity (Wildman–Crippen MR) is 154 cm³/mol. The van der Waals surface area contributed by atoms with Crippen LogP contribution in [0.15, 0.2) is 11.6 Å². The Kier molecular flexibility index (Phi) is 6.82. The van der Waals surface area contributed by atoms with Crippen LogP contribution in [0.2, 0.25) is 0 Å². The summed E-state index contributed by atoms with van der Waals surface area (Å²) in [5, 5.41) is 11.2. The molecule has 6 nitrogen and oxygen atoms in total. The van der Waals surface area contributed by atoms with Crippen molar-refractivity contribution in [3.63, 3.8) is 0 Å².